The van der Waals surface area contributed by atoms with Crippen molar-refractivity contribution in [3.05, 3.63) is 35.9 Å². The van der Waals surface area contributed by atoms with E-state index in [1.54, 1.807) is 0 Å². The quantitative estimate of drug-likeness (QED) is 0.866. The molecule has 4 nitrogen and oxygen atoms in total. The second-order valence-corrected chi connectivity index (χ2v) is 4.23. The van der Waals surface area contributed by atoms with Gasteiger partial charge in [-0.15, -0.1) is 0 Å². The minimum absolute atomic E-state index is 0.0625. The Kier molecular flexibility index (Phi) is 3.42. The number of carboxylic acids is 1. The Labute approximate surface area is 99.9 Å². The number of likely N-dealkylation sites (tertiary alicyclic amines) is 1. The van der Waals surface area contributed by atoms with Gasteiger partial charge in [0.2, 0.25) is 5.91 Å². The zero-order valence-electron chi connectivity index (χ0n) is 9.50. The fourth-order valence-corrected chi connectivity index (χ4v) is 2.29. The number of carbonyl (C=O) groups excluding carboxylic acids is 1. The summed E-state index contributed by atoms with van der Waals surface area (Å²) in [4.78, 5) is 24.0. The highest BCUT2D eigenvalue weighted by molar-refractivity contribution is 5.82. The van der Waals surface area contributed by atoms with E-state index in [0.717, 1.165) is 18.4 Å². The van der Waals surface area contributed by atoms with Gasteiger partial charge in [-0.25, -0.2) is 0 Å². The SMILES string of the molecule is O=C(O)CN1C(=O)CCC[C@H]1c1ccccc1. The van der Waals surface area contributed by atoms with Crippen LogP contribution in [0.15, 0.2) is 30.3 Å². The molecule has 17 heavy (non-hydrogen) atoms. The zero-order valence-corrected chi connectivity index (χ0v) is 9.50. The summed E-state index contributed by atoms with van der Waals surface area (Å²) < 4.78 is 0. The Hall–Kier alpha value is -1.84. The summed E-state index contributed by atoms with van der Waals surface area (Å²) in [6.45, 7) is -0.210. The van der Waals surface area contributed by atoms with Gasteiger partial charge in [-0.1, -0.05) is 30.3 Å². The summed E-state index contributed by atoms with van der Waals surface area (Å²) in [5.41, 5.74) is 1.02. The molecule has 0 spiro atoms. The van der Waals surface area contributed by atoms with Crippen LogP contribution in [-0.2, 0) is 9.59 Å². The number of benzene rings is 1. The number of hydrogen-bond donors (Lipinski definition) is 1. The lowest BCUT2D eigenvalue weighted by molar-refractivity contribution is -0.148. The maximum Gasteiger partial charge on any atom is 0.323 e. The number of aliphatic carboxylic acids is 1. The number of piperidine rings is 1. The summed E-state index contributed by atoms with van der Waals surface area (Å²) in [6, 6.07) is 9.53. The third-order valence-corrected chi connectivity index (χ3v) is 3.05. The van der Waals surface area contributed by atoms with Gasteiger partial charge in [-0.2, -0.15) is 0 Å². The minimum Gasteiger partial charge on any atom is -0.480 e. The van der Waals surface area contributed by atoms with Crippen LogP contribution >= 0.6 is 0 Å². The summed E-state index contributed by atoms with van der Waals surface area (Å²) in [5, 5.41) is 8.85. The molecular formula is C13H15NO3. The van der Waals surface area contributed by atoms with E-state index in [1.807, 2.05) is 30.3 Å². The molecule has 1 N–H and O–H groups in total. The molecule has 90 valence electrons. The molecule has 1 amide bonds. The van der Waals surface area contributed by atoms with E-state index in [9.17, 15) is 9.59 Å². The highest BCUT2D eigenvalue weighted by Gasteiger charge is 2.30. The summed E-state index contributed by atoms with van der Waals surface area (Å²) in [5.74, 6) is -1.02. The molecule has 1 saturated heterocycles. The molecule has 1 fully saturated rings. The average molecular weight is 233 g/mol. The van der Waals surface area contributed by atoms with Gasteiger partial charge in [-0.05, 0) is 18.4 Å². The maximum atomic E-state index is 11.8. The summed E-state index contributed by atoms with van der Waals surface area (Å²) in [7, 11) is 0. The van der Waals surface area contributed by atoms with Crippen LogP contribution < -0.4 is 0 Å². The molecule has 0 unspecified atom stereocenters. The minimum atomic E-state index is -0.957. The normalized spacial score (nSPS) is 20.4. The highest BCUT2D eigenvalue weighted by Crippen LogP contribution is 2.30. The van der Waals surface area contributed by atoms with Gasteiger partial charge in [0, 0.05) is 6.42 Å². The standard InChI is InChI=1S/C13H15NO3/c15-12-8-4-7-11(14(12)9-13(16)17)10-5-2-1-3-6-10/h1-3,5-6,11H,4,7-9H2,(H,16,17)/t11-/m0/s1. The van der Waals surface area contributed by atoms with Crippen molar-refractivity contribution in [2.45, 2.75) is 25.3 Å². The molecule has 4 heteroatoms. The predicted octanol–water partition coefficient (Wildman–Crippen LogP) is 1.82. The van der Waals surface area contributed by atoms with E-state index in [0.29, 0.717) is 6.42 Å². The van der Waals surface area contributed by atoms with Crippen LogP contribution in [0.3, 0.4) is 0 Å². The predicted molar refractivity (Wildman–Crippen MR) is 62.4 cm³/mol. The fourth-order valence-electron chi connectivity index (χ4n) is 2.29. The number of rotatable bonds is 3. The molecule has 0 saturated carbocycles. The summed E-state index contributed by atoms with van der Waals surface area (Å²) >= 11 is 0. The van der Waals surface area contributed by atoms with E-state index in [1.165, 1.54) is 4.90 Å². The Morgan fingerprint density at radius 2 is 2.06 bits per heavy atom. The topological polar surface area (TPSA) is 57.6 Å². The maximum absolute atomic E-state index is 11.8. The lowest BCUT2D eigenvalue weighted by Crippen LogP contribution is -2.41. The smallest absolute Gasteiger partial charge is 0.323 e. The van der Waals surface area contributed by atoms with Crippen molar-refractivity contribution in [1.82, 2.24) is 4.90 Å². The van der Waals surface area contributed by atoms with Gasteiger partial charge in [0.1, 0.15) is 6.54 Å². The Morgan fingerprint density at radius 1 is 1.35 bits per heavy atom. The second kappa shape index (κ2) is 4.99. The van der Waals surface area contributed by atoms with Crippen LogP contribution in [0.4, 0.5) is 0 Å². The third kappa shape index (κ3) is 2.64. The van der Waals surface area contributed by atoms with E-state index in [2.05, 4.69) is 0 Å². The molecule has 1 aliphatic rings. The molecule has 0 radical (unpaired) electrons. The van der Waals surface area contributed by atoms with Gasteiger partial charge in [0.25, 0.3) is 0 Å². The van der Waals surface area contributed by atoms with Gasteiger partial charge in [0.15, 0.2) is 0 Å². The van der Waals surface area contributed by atoms with E-state index in [4.69, 9.17) is 5.11 Å². The Morgan fingerprint density at radius 3 is 2.71 bits per heavy atom. The van der Waals surface area contributed by atoms with Gasteiger partial charge < -0.3 is 10.0 Å². The van der Waals surface area contributed by atoms with Crippen molar-refractivity contribution >= 4 is 11.9 Å². The molecule has 1 aromatic rings. The first-order chi connectivity index (χ1) is 8.18. The first kappa shape index (κ1) is 11.6. The summed E-state index contributed by atoms with van der Waals surface area (Å²) in [6.07, 6.45) is 2.12. The molecule has 1 heterocycles. The molecule has 0 aromatic heterocycles. The third-order valence-electron chi connectivity index (χ3n) is 3.05. The molecule has 1 aliphatic heterocycles. The van der Waals surface area contributed by atoms with Crippen molar-refractivity contribution in [1.29, 1.82) is 0 Å². The van der Waals surface area contributed by atoms with Gasteiger partial charge >= 0.3 is 5.97 Å². The largest absolute Gasteiger partial charge is 0.480 e. The lowest BCUT2D eigenvalue weighted by Gasteiger charge is -2.34. The van der Waals surface area contributed by atoms with Crippen molar-refractivity contribution in [2.24, 2.45) is 0 Å². The first-order valence-corrected chi connectivity index (χ1v) is 5.74. The van der Waals surface area contributed by atoms with E-state index < -0.39 is 5.97 Å². The van der Waals surface area contributed by atoms with Crippen molar-refractivity contribution in [3.63, 3.8) is 0 Å². The molecule has 1 atom stereocenters. The number of carboxylic acid groups (broad SMARTS) is 1. The van der Waals surface area contributed by atoms with Crippen LogP contribution in [0, 0.1) is 0 Å². The number of carbonyl (C=O) groups is 2. The van der Waals surface area contributed by atoms with Crippen LogP contribution in [0.2, 0.25) is 0 Å². The van der Waals surface area contributed by atoms with Crippen LogP contribution in [-0.4, -0.2) is 28.4 Å². The van der Waals surface area contributed by atoms with Gasteiger partial charge in [0.05, 0.1) is 6.04 Å². The Balaban J connectivity index is 2.23. The molecule has 2 rings (SSSR count). The number of hydrogen-bond acceptors (Lipinski definition) is 2. The number of nitrogens with zero attached hydrogens (tertiary/aromatic N) is 1. The fraction of sp³-hybridized carbons (Fsp3) is 0.385. The van der Waals surface area contributed by atoms with Crippen molar-refractivity contribution in [2.75, 3.05) is 6.54 Å². The Bertz CT molecular complexity index is 416. The zero-order chi connectivity index (χ0) is 12.3. The van der Waals surface area contributed by atoms with Crippen LogP contribution in [0.1, 0.15) is 30.9 Å². The molecule has 0 bridgehead atoms. The van der Waals surface area contributed by atoms with Crippen LogP contribution in [0.25, 0.3) is 0 Å². The average Bonchev–Trinajstić information content (AvgIpc) is 2.32. The molecule has 0 aliphatic carbocycles. The van der Waals surface area contributed by atoms with E-state index in [-0.39, 0.29) is 18.5 Å². The molecule has 1 aromatic carbocycles. The van der Waals surface area contributed by atoms with Gasteiger partial charge in [-0.3, -0.25) is 9.59 Å². The van der Waals surface area contributed by atoms with Crippen molar-refractivity contribution in [3.8, 4) is 0 Å². The first-order valence-electron chi connectivity index (χ1n) is 5.74. The highest BCUT2D eigenvalue weighted by atomic mass is 16.4. The monoisotopic (exact) mass is 233 g/mol. The number of amides is 1. The lowest BCUT2D eigenvalue weighted by atomic mass is 9.95. The molecular weight excluding hydrogens is 218 g/mol. The van der Waals surface area contributed by atoms with E-state index >= 15 is 0 Å². The van der Waals surface area contributed by atoms with Crippen molar-refractivity contribution < 1.29 is 14.7 Å². The second-order valence-electron chi connectivity index (χ2n) is 4.23. The van der Waals surface area contributed by atoms with Crippen LogP contribution in [0.5, 0.6) is 0 Å².